The van der Waals surface area contributed by atoms with E-state index < -0.39 is 11.6 Å². The number of carbonyl (C=O) groups excluding carboxylic acids is 1. The van der Waals surface area contributed by atoms with Crippen LogP contribution in [0, 0.1) is 0 Å². The molecule has 0 aromatic heterocycles. The topological polar surface area (TPSA) is 29.5 Å². The maximum atomic E-state index is 12.9. The van der Waals surface area contributed by atoms with Gasteiger partial charge in [-0.1, -0.05) is 0 Å². The van der Waals surface area contributed by atoms with E-state index in [0.717, 1.165) is 5.06 Å². The summed E-state index contributed by atoms with van der Waals surface area (Å²) < 4.78 is 12.9. The van der Waals surface area contributed by atoms with Gasteiger partial charge in [-0.15, -0.1) is 0 Å². The smallest absolute Gasteiger partial charge is 0.274 e. The van der Waals surface area contributed by atoms with Crippen LogP contribution in [0.25, 0.3) is 0 Å². The number of carbonyl (C=O) groups is 1. The van der Waals surface area contributed by atoms with Gasteiger partial charge in [0.25, 0.3) is 5.91 Å². The normalized spacial score (nSPS) is 20.3. The number of rotatable bonds is 2. The Morgan fingerprint density at radius 1 is 1.70 bits per heavy atom. The summed E-state index contributed by atoms with van der Waals surface area (Å²) in [5.41, 5.74) is -1.61. The van der Waals surface area contributed by atoms with Crippen LogP contribution < -0.4 is 0 Å². The molecule has 1 fully saturated rings. The van der Waals surface area contributed by atoms with Crippen molar-refractivity contribution < 1.29 is 14.0 Å². The average Bonchev–Trinajstić information content (AvgIpc) is 2.66. The van der Waals surface area contributed by atoms with E-state index in [1.54, 1.807) is 0 Å². The highest BCUT2D eigenvalue weighted by Gasteiger charge is 2.52. The van der Waals surface area contributed by atoms with Crippen molar-refractivity contribution >= 4 is 5.91 Å². The summed E-state index contributed by atoms with van der Waals surface area (Å²) >= 11 is 0. The van der Waals surface area contributed by atoms with Crippen molar-refractivity contribution in [2.75, 3.05) is 14.2 Å². The molecule has 0 saturated heterocycles. The average molecular weight is 147 g/mol. The molecule has 1 amide bonds. The Morgan fingerprint density at radius 2 is 2.20 bits per heavy atom. The number of hydroxylamine groups is 2. The standard InChI is InChI=1S/C6H10FNO2/c1-8(10-2)5(9)6(7)3-4-6/h3-4H2,1-2H3. The molecule has 10 heavy (non-hydrogen) atoms. The van der Waals surface area contributed by atoms with Gasteiger partial charge in [-0.05, 0) is 12.8 Å². The molecule has 0 radical (unpaired) electrons. The molecule has 0 N–H and O–H groups in total. The summed E-state index contributed by atoms with van der Waals surface area (Å²) in [5, 5.41) is 0.924. The van der Waals surface area contributed by atoms with Crippen LogP contribution >= 0.6 is 0 Å². The van der Waals surface area contributed by atoms with Crippen molar-refractivity contribution in [3.8, 4) is 0 Å². The van der Waals surface area contributed by atoms with Crippen LogP contribution in [0.5, 0.6) is 0 Å². The summed E-state index contributed by atoms with van der Waals surface area (Å²) in [7, 11) is 2.74. The van der Waals surface area contributed by atoms with Gasteiger partial charge in [-0.2, -0.15) is 0 Å². The zero-order valence-corrected chi connectivity index (χ0v) is 6.06. The molecule has 0 unspecified atom stereocenters. The Labute approximate surface area is 58.7 Å². The Hall–Kier alpha value is -0.640. The molecule has 3 nitrogen and oxygen atoms in total. The molecule has 0 heterocycles. The van der Waals surface area contributed by atoms with E-state index in [1.165, 1.54) is 14.2 Å². The molecule has 0 bridgehead atoms. The van der Waals surface area contributed by atoms with E-state index in [2.05, 4.69) is 4.84 Å². The number of hydrogen-bond acceptors (Lipinski definition) is 2. The van der Waals surface area contributed by atoms with E-state index >= 15 is 0 Å². The molecular formula is C6H10FNO2. The number of nitrogens with zero attached hydrogens (tertiary/aromatic N) is 1. The minimum atomic E-state index is -1.61. The van der Waals surface area contributed by atoms with Gasteiger partial charge in [0.1, 0.15) is 0 Å². The number of amides is 1. The highest BCUT2D eigenvalue weighted by Crippen LogP contribution is 2.41. The highest BCUT2D eigenvalue weighted by molar-refractivity contribution is 5.86. The number of hydrogen-bond donors (Lipinski definition) is 0. The lowest BCUT2D eigenvalue weighted by Gasteiger charge is -2.14. The van der Waals surface area contributed by atoms with Crippen molar-refractivity contribution in [2.24, 2.45) is 0 Å². The van der Waals surface area contributed by atoms with Crippen molar-refractivity contribution in [1.29, 1.82) is 0 Å². The fourth-order valence-electron chi connectivity index (χ4n) is 0.689. The van der Waals surface area contributed by atoms with Gasteiger partial charge in [0.15, 0.2) is 5.67 Å². The van der Waals surface area contributed by atoms with Gasteiger partial charge in [-0.25, -0.2) is 9.45 Å². The summed E-state index contributed by atoms with van der Waals surface area (Å²) in [4.78, 5) is 15.4. The van der Waals surface area contributed by atoms with Crippen LogP contribution in [0.1, 0.15) is 12.8 Å². The van der Waals surface area contributed by atoms with Gasteiger partial charge in [0, 0.05) is 7.05 Å². The summed E-state index contributed by atoms with van der Waals surface area (Å²) in [6, 6.07) is 0. The second kappa shape index (κ2) is 2.20. The SMILES string of the molecule is CON(C)C(=O)C1(F)CC1. The minimum absolute atomic E-state index is 0.333. The predicted molar refractivity (Wildman–Crippen MR) is 32.9 cm³/mol. The predicted octanol–water partition coefficient (Wildman–Crippen LogP) is 0.508. The van der Waals surface area contributed by atoms with E-state index in [-0.39, 0.29) is 0 Å². The number of alkyl halides is 1. The Balaban J connectivity index is 2.49. The van der Waals surface area contributed by atoms with Crippen LogP contribution in [0.15, 0.2) is 0 Å². The Morgan fingerprint density at radius 3 is 2.50 bits per heavy atom. The van der Waals surface area contributed by atoms with Crippen LogP contribution in [0.3, 0.4) is 0 Å². The fraction of sp³-hybridized carbons (Fsp3) is 0.833. The van der Waals surface area contributed by atoms with Crippen molar-refractivity contribution in [1.82, 2.24) is 5.06 Å². The molecule has 0 aliphatic heterocycles. The molecule has 0 atom stereocenters. The molecule has 1 aliphatic carbocycles. The second-order valence-electron chi connectivity index (χ2n) is 2.45. The first-order valence-electron chi connectivity index (χ1n) is 3.11. The van der Waals surface area contributed by atoms with Crippen molar-refractivity contribution in [3.63, 3.8) is 0 Å². The van der Waals surface area contributed by atoms with Gasteiger partial charge < -0.3 is 0 Å². The monoisotopic (exact) mass is 147 g/mol. The van der Waals surface area contributed by atoms with Crippen LogP contribution in [0.4, 0.5) is 4.39 Å². The van der Waals surface area contributed by atoms with E-state index in [1.807, 2.05) is 0 Å². The Bertz CT molecular complexity index is 156. The van der Waals surface area contributed by atoms with Gasteiger partial charge in [0.05, 0.1) is 7.11 Å². The van der Waals surface area contributed by atoms with E-state index in [0.29, 0.717) is 12.8 Å². The third-order valence-electron chi connectivity index (χ3n) is 1.63. The molecule has 58 valence electrons. The minimum Gasteiger partial charge on any atom is -0.274 e. The molecule has 0 spiro atoms. The quantitative estimate of drug-likeness (QED) is 0.532. The third kappa shape index (κ3) is 1.11. The van der Waals surface area contributed by atoms with Gasteiger partial charge >= 0.3 is 0 Å². The first kappa shape index (κ1) is 7.47. The molecule has 4 heteroatoms. The molecule has 0 aromatic rings. The first-order chi connectivity index (χ1) is 4.60. The molecular weight excluding hydrogens is 137 g/mol. The molecule has 0 aromatic carbocycles. The highest BCUT2D eigenvalue weighted by atomic mass is 19.1. The Kier molecular flexibility index (Phi) is 1.64. The summed E-state index contributed by atoms with van der Waals surface area (Å²) in [6.45, 7) is 0. The fourth-order valence-corrected chi connectivity index (χ4v) is 0.689. The largest absolute Gasteiger partial charge is 0.283 e. The summed E-state index contributed by atoms with van der Waals surface area (Å²) in [5.74, 6) is -0.574. The molecule has 1 aliphatic rings. The van der Waals surface area contributed by atoms with Crippen LogP contribution in [-0.2, 0) is 9.63 Å². The maximum Gasteiger partial charge on any atom is 0.283 e. The van der Waals surface area contributed by atoms with E-state index in [9.17, 15) is 9.18 Å². The van der Waals surface area contributed by atoms with Crippen LogP contribution in [0.2, 0.25) is 0 Å². The lowest BCUT2D eigenvalue weighted by Crippen LogP contribution is -2.34. The zero-order valence-electron chi connectivity index (χ0n) is 6.06. The lowest BCUT2D eigenvalue weighted by molar-refractivity contribution is -0.176. The summed E-state index contributed by atoms with van der Waals surface area (Å²) in [6.07, 6.45) is 0.666. The van der Waals surface area contributed by atoms with Crippen LogP contribution in [-0.4, -0.2) is 30.8 Å². The molecule has 1 saturated carbocycles. The van der Waals surface area contributed by atoms with Crippen molar-refractivity contribution in [2.45, 2.75) is 18.5 Å². The lowest BCUT2D eigenvalue weighted by atomic mass is 10.3. The first-order valence-corrected chi connectivity index (χ1v) is 3.11. The molecule has 1 rings (SSSR count). The van der Waals surface area contributed by atoms with Crippen molar-refractivity contribution in [3.05, 3.63) is 0 Å². The zero-order chi connectivity index (χ0) is 7.78. The third-order valence-corrected chi connectivity index (χ3v) is 1.63. The van der Waals surface area contributed by atoms with Gasteiger partial charge in [-0.3, -0.25) is 9.63 Å². The number of halogens is 1. The maximum absolute atomic E-state index is 12.9. The van der Waals surface area contributed by atoms with E-state index in [4.69, 9.17) is 0 Å². The van der Waals surface area contributed by atoms with Gasteiger partial charge in [0.2, 0.25) is 0 Å². The second-order valence-corrected chi connectivity index (χ2v) is 2.45.